The van der Waals surface area contributed by atoms with Crippen molar-refractivity contribution in [1.82, 2.24) is 10.6 Å². The Labute approximate surface area is 152 Å². The zero-order valence-corrected chi connectivity index (χ0v) is 13.4. The molecular formula is C18H6F6N2O2. The van der Waals surface area contributed by atoms with Crippen LogP contribution in [0.5, 0.6) is 0 Å². The van der Waals surface area contributed by atoms with E-state index in [-0.39, 0.29) is 12.1 Å². The number of hydrogen-bond acceptors (Lipinski definition) is 2. The maximum absolute atomic E-state index is 14.1. The monoisotopic (exact) mass is 396 g/mol. The molecule has 2 aromatic rings. The lowest BCUT2D eigenvalue weighted by molar-refractivity contribution is -0.117. The number of halogens is 6. The van der Waals surface area contributed by atoms with Gasteiger partial charge in [0, 0.05) is 23.3 Å². The summed E-state index contributed by atoms with van der Waals surface area (Å²) in [5.41, 5.74) is -3.08. The number of nitrogens with one attached hydrogen (secondary N) is 2. The van der Waals surface area contributed by atoms with Gasteiger partial charge in [-0.1, -0.05) is 0 Å². The SMILES string of the molecule is O=C1NC(c2cc(F)c(F)cc2F)=C2C(=O)NC(c3cc(F)c(F)cc3F)=C12. The number of hydrogen-bond donors (Lipinski definition) is 2. The zero-order valence-electron chi connectivity index (χ0n) is 13.4. The Hall–Kier alpha value is -3.56. The van der Waals surface area contributed by atoms with Crippen molar-refractivity contribution >= 4 is 23.2 Å². The molecule has 10 heteroatoms. The maximum atomic E-state index is 14.1. The summed E-state index contributed by atoms with van der Waals surface area (Å²) in [7, 11) is 0. The van der Waals surface area contributed by atoms with Crippen LogP contribution in [0.15, 0.2) is 35.4 Å². The molecule has 2 heterocycles. The zero-order chi connectivity index (χ0) is 20.3. The summed E-state index contributed by atoms with van der Waals surface area (Å²) in [5.74, 6) is -10.3. The quantitative estimate of drug-likeness (QED) is 0.606. The molecule has 0 aliphatic carbocycles. The van der Waals surface area contributed by atoms with Gasteiger partial charge in [-0.3, -0.25) is 9.59 Å². The molecule has 2 N–H and O–H groups in total. The highest BCUT2D eigenvalue weighted by atomic mass is 19.2. The minimum Gasteiger partial charge on any atom is -0.320 e. The lowest BCUT2D eigenvalue weighted by Gasteiger charge is -2.09. The van der Waals surface area contributed by atoms with Crippen LogP contribution in [0.4, 0.5) is 26.3 Å². The van der Waals surface area contributed by atoms with Crippen LogP contribution in [0, 0.1) is 34.9 Å². The number of rotatable bonds is 2. The van der Waals surface area contributed by atoms with Crippen molar-refractivity contribution in [3.05, 3.63) is 81.4 Å². The highest BCUT2D eigenvalue weighted by Crippen LogP contribution is 2.39. The number of carbonyl (C=O) groups is 2. The molecular weight excluding hydrogens is 390 g/mol. The summed E-state index contributed by atoms with van der Waals surface area (Å²) in [6.45, 7) is 0. The molecule has 2 aromatic carbocycles. The molecule has 0 unspecified atom stereocenters. The number of benzene rings is 2. The van der Waals surface area contributed by atoms with Crippen molar-refractivity contribution in [1.29, 1.82) is 0 Å². The largest absolute Gasteiger partial charge is 0.320 e. The van der Waals surface area contributed by atoms with Gasteiger partial charge in [-0.2, -0.15) is 0 Å². The molecule has 0 bridgehead atoms. The molecule has 0 fully saturated rings. The average molecular weight is 396 g/mol. The van der Waals surface area contributed by atoms with Crippen molar-refractivity contribution in [3.63, 3.8) is 0 Å². The van der Waals surface area contributed by atoms with Gasteiger partial charge >= 0.3 is 0 Å². The van der Waals surface area contributed by atoms with E-state index in [9.17, 15) is 35.9 Å². The van der Waals surface area contributed by atoms with E-state index in [4.69, 9.17) is 0 Å². The van der Waals surface area contributed by atoms with E-state index in [0.717, 1.165) is 0 Å². The molecule has 0 aromatic heterocycles. The topological polar surface area (TPSA) is 58.2 Å². The molecule has 0 saturated carbocycles. The van der Waals surface area contributed by atoms with Gasteiger partial charge in [-0.25, -0.2) is 26.3 Å². The van der Waals surface area contributed by atoms with Crippen LogP contribution in [0.1, 0.15) is 11.1 Å². The van der Waals surface area contributed by atoms with Gasteiger partial charge < -0.3 is 10.6 Å². The fourth-order valence-electron chi connectivity index (χ4n) is 3.01. The molecule has 4 nitrogen and oxygen atoms in total. The molecule has 0 radical (unpaired) electrons. The Morgan fingerprint density at radius 2 is 0.821 bits per heavy atom. The molecule has 0 atom stereocenters. The number of amides is 2. The van der Waals surface area contributed by atoms with E-state index in [0.29, 0.717) is 12.1 Å². The fourth-order valence-corrected chi connectivity index (χ4v) is 3.01. The minimum atomic E-state index is -1.48. The third kappa shape index (κ3) is 2.48. The number of carbonyl (C=O) groups excluding carboxylic acids is 2. The average Bonchev–Trinajstić information content (AvgIpc) is 3.13. The van der Waals surface area contributed by atoms with E-state index < -0.39 is 80.4 Å². The van der Waals surface area contributed by atoms with Gasteiger partial charge in [0.25, 0.3) is 11.8 Å². The standard InChI is InChI=1S/C18H6F6N2O2/c19-7-3-11(23)9(21)1-5(7)15-13-14(18(28)25-15)16(26-17(13)27)6-2-10(22)12(24)4-8(6)20/h1-4H,(H,25,28)(H,26,27). The summed E-state index contributed by atoms with van der Waals surface area (Å²) in [4.78, 5) is 24.6. The van der Waals surface area contributed by atoms with E-state index >= 15 is 0 Å². The van der Waals surface area contributed by atoms with Crippen molar-refractivity contribution < 1.29 is 35.9 Å². The van der Waals surface area contributed by atoms with Gasteiger partial charge in [0.1, 0.15) is 11.6 Å². The molecule has 2 aliphatic rings. The third-order valence-corrected chi connectivity index (χ3v) is 4.24. The summed E-state index contributed by atoms with van der Waals surface area (Å²) in [6.07, 6.45) is 0. The molecule has 28 heavy (non-hydrogen) atoms. The second-order valence-electron chi connectivity index (χ2n) is 5.90. The first kappa shape index (κ1) is 17.8. The first-order valence-electron chi connectivity index (χ1n) is 7.60. The first-order chi connectivity index (χ1) is 13.2. The van der Waals surface area contributed by atoms with E-state index in [1.807, 2.05) is 0 Å². The van der Waals surface area contributed by atoms with Crippen molar-refractivity contribution in [2.75, 3.05) is 0 Å². The Balaban J connectivity index is 1.96. The summed E-state index contributed by atoms with van der Waals surface area (Å²) >= 11 is 0. The smallest absolute Gasteiger partial charge is 0.258 e. The van der Waals surface area contributed by atoms with Crippen LogP contribution in [0.25, 0.3) is 11.4 Å². The Morgan fingerprint density at radius 1 is 0.500 bits per heavy atom. The predicted molar refractivity (Wildman–Crippen MR) is 82.8 cm³/mol. The van der Waals surface area contributed by atoms with Gasteiger partial charge in [-0.05, 0) is 12.1 Å². The van der Waals surface area contributed by atoms with Gasteiger partial charge in [0.2, 0.25) is 0 Å². The molecule has 142 valence electrons. The van der Waals surface area contributed by atoms with Crippen molar-refractivity contribution in [2.45, 2.75) is 0 Å². The van der Waals surface area contributed by atoms with E-state index in [1.165, 1.54) is 0 Å². The Kier molecular flexibility index (Phi) is 3.81. The van der Waals surface area contributed by atoms with Crippen LogP contribution in [-0.2, 0) is 9.59 Å². The molecule has 2 aliphatic heterocycles. The van der Waals surface area contributed by atoms with E-state index in [1.54, 1.807) is 0 Å². The summed E-state index contributed by atoms with van der Waals surface area (Å²) in [6, 6.07) is 1.35. The second-order valence-corrected chi connectivity index (χ2v) is 5.90. The van der Waals surface area contributed by atoms with Gasteiger partial charge in [-0.15, -0.1) is 0 Å². The van der Waals surface area contributed by atoms with Crippen LogP contribution in [0.2, 0.25) is 0 Å². The Morgan fingerprint density at radius 3 is 1.18 bits per heavy atom. The highest BCUT2D eigenvalue weighted by molar-refractivity contribution is 6.30. The second kappa shape index (κ2) is 5.98. The van der Waals surface area contributed by atoms with Gasteiger partial charge in [0.05, 0.1) is 22.5 Å². The van der Waals surface area contributed by atoms with Crippen LogP contribution in [-0.4, -0.2) is 11.8 Å². The molecule has 0 spiro atoms. The maximum Gasteiger partial charge on any atom is 0.258 e. The predicted octanol–water partition coefficient (Wildman–Crippen LogP) is 2.90. The van der Waals surface area contributed by atoms with Crippen LogP contribution >= 0.6 is 0 Å². The lowest BCUT2D eigenvalue weighted by Crippen LogP contribution is -2.22. The molecule has 2 amide bonds. The van der Waals surface area contributed by atoms with Crippen LogP contribution in [0.3, 0.4) is 0 Å². The van der Waals surface area contributed by atoms with Crippen molar-refractivity contribution in [2.24, 2.45) is 0 Å². The lowest BCUT2D eigenvalue weighted by atomic mass is 10.0. The van der Waals surface area contributed by atoms with Crippen LogP contribution < -0.4 is 10.6 Å². The van der Waals surface area contributed by atoms with Crippen molar-refractivity contribution in [3.8, 4) is 0 Å². The third-order valence-electron chi connectivity index (χ3n) is 4.24. The number of fused-ring (bicyclic) bond motifs is 1. The minimum absolute atomic E-state index is 0.231. The summed E-state index contributed by atoms with van der Waals surface area (Å²) in [5, 5.41) is 4.28. The summed E-state index contributed by atoms with van der Waals surface area (Å²) < 4.78 is 81.5. The fraction of sp³-hybridized carbons (Fsp3) is 0. The highest BCUT2D eigenvalue weighted by Gasteiger charge is 2.42. The molecule has 0 saturated heterocycles. The van der Waals surface area contributed by atoms with Gasteiger partial charge in [0.15, 0.2) is 23.3 Å². The molecule has 4 rings (SSSR count). The normalized spacial score (nSPS) is 15.9. The first-order valence-corrected chi connectivity index (χ1v) is 7.60. The Bertz CT molecular complexity index is 1080. The van der Waals surface area contributed by atoms with E-state index in [2.05, 4.69) is 10.6 Å².